The minimum atomic E-state index is -4.63. The molecule has 0 saturated heterocycles. The van der Waals surface area contributed by atoms with Gasteiger partial charge >= 0.3 is 12.1 Å². The third kappa shape index (κ3) is 7.45. The van der Waals surface area contributed by atoms with Crippen molar-refractivity contribution >= 4 is 35.2 Å². The van der Waals surface area contributed by atoms with Crippen LogP contribution < -0.4 is 15.4 Å². The second-order valence-electron chi connectivity index (χ2n) is 5.90. The molecule has 0 radical (unpaired) electrons. The van der Waals surface area contributed by atoms with Crippen LogP contribution in [0.5, 0.6) is 5.75 Å². The molecule has 0 saturated carbocycles. The predicted octanol–water partition coefficient (Wildman–Crippen LogP) is 3.06. The number of carbonyl (C=O) groups is 3. The van der Waals surface area contributed by atoms with Crippen LogP contribution in [0.3, 0.4) is 0 Å². The molecular weight excluding hydrogens is 443 g/mol. The lowest BCUT2D eigenvalue weighted by Gasteiger charge is -2.10. The highest BCUT2D eigenvalue weighted by molar-refractivity contribution is 6.33. The summed E-state index contributed by atoms with van der Waals surface area (Å²) in [7, 11) is 0. The summed E-state index contributed by atoms with van der Waals surface area (Å²) in [5, 5.41) is 4.02. The largest absolute Gasteiger partial charge is 0.494 e. The first kappa shape index (κ1) is 23.9. The van der Waals surface area contributed by atoms with Crippen molar-refractivity contribution in [3.8, 4) is 5.75 Å². The first-order valence-corrected chi connectivity index (χ1v) is 9.17. The van der Waals surface area contributed by atoms with Crippen molar-refractivity contribution in [3.63, 3.8) is 0 Å². The molecule has 0 atom stereocenters. The molecule has 1 heterocycles. The zero-order valence-electron chi connectivity index (χ0n) is 16.1. The van der Waals surface area contributed by atoms with Gasteiger partial charge in [-0.25, -0.2) is 4.98 Å². The fourth-order valence-corrected chi connectivity index (χ4v) is 2.39. The summed E-state index contributed by atoms with van der Waals surface area (Å²) in [5.41, 5.74) is -0.790. The molecular formula is C19H17ClF3N3O5. The second kappa shape index (κ2) is 10.6. The number of nitrogens with zero attached hydrogens (tertiary/aromatic N) is 1. The lowest BCUT2D eigenvalue weighted by atomic mass is 10.2. The maximum atomic E-state index is 12.6. The number of hydrogen-bond acceptors (Lipinski definition) is 6. The number of aromatic nitrogens is 1. The summed E-state index contributed by atoms with van der Waals surface area (Å²) >= 11 is 5.67. The lowest BCUT2D eigenvalue weighted by Crippen LogP contribution is -2.32. The second-order valence-corrected chi connectivity index (χ2v) is 6.31. The SMILES string of the molecule is CCOc1ccc(C(=O)NCC(=O)OCC(=O)Nc2ncc(C(F)(F)F)cc2Cl)cc1. The standard InChI is InChI=1S/C19H17ClF3N3O5/c1-2-30-13-5-3-11(4-6-13)18(29)25-9-16(28)31-10-15(27)26-17-14(20)7-12(8-24-17)19(21,22)23/h3-8H,2,9-10H2,1H3,(H,25,29)(H,24,26,27). The average molecular weight is 460 g/mol. The molecule has 2 amide bonds. The first-order chi connectivity index (χ1) is 14.6. The van der Waals surface area contributed by atoms with E-state index in [-0.39, 0.29) is 11.4 Å². The average Bonchev–Trinajstić information content (AvgIpc) is 2.72. The molecule has 2 N–H and O–H groups in total. The van der Waals surface area contributed by atoms with Crippen molar-refractivity contribution in [2.45, 2.75) is 13.1 Å². The van der Waals surface area contributed by atoms with Gasteiger partial charge in [0.2, 0.25) is 0 Å². The van der Waals surface area contributed by atoms with Gasteiger partial charge in [0.1, 0.15) is 12.3 Å². The molecule has 2 rings (SSSR count). The van der Waals surface area contributed by atoms with E-state index in [2.05, 4.69) is 15.6 Å². The Bertz CT molecular complexity index is 952. The van der Waals surface area contributed by atoms with Gasteiger partial charge in [0.15, 0.2) is 12.4 Å². The van der Waals surface area contributed by atoms with E-state index in [1.807, 2.05) is 6.92 Å². The monoisotopic (exact) mass is 459 g/mol. The molecule has 1 aromatic carbocycles. The number of anilines is 1. The molecule has 12 heteroatoms. The van der Waals surface area contributed by atoms with E-state index < -0.39 is 47.7 Å². The van der Waals surface area contributed by atoms with Crippen molar-refractivity contribution in [1.29, 1.82) is 0 Å². The topological polar surface area (TPSA) is 107 Å². The maximum absolute atomic E-state index is 12.6. The lowest BCUT2D eigenvalue weighted by molar-refractivity contribution is -0.146. The van der Waals surface area contributed by atoms with Crippen LogP contribution in [0.25, 0.3) is 0 Å². The Balaban J connectivity index is 1.78. The summed E-state index contributed by atoms with van der Waals surface area (Å²) in [6.07, 6.45) is -4.13. The zero-order chi connectivity index (χ0) is 23.0. The van der Waals surface area contributed by atoms with Gasteiger partial charge in [0.25, 0.3) is 11.8 Å². The van der Waals surface area contributed by atoms with Gasteiger partial charge in [-0.3, -0.25) is 14.4 Å². The minimum absolute atomic E-state index is 0.289. The van der Waals surface area contributed by atoms with E-state index in [1.165, 1.54) is 12.1 Å². The molecule has 0 spiro atoms. The Morgan fingerprint density at radius 2 is 1.84 bits per heavy atom. The summed E-state index contributed by atoms with van der Waals surface area (Å²) in [6, 6.07) is 6.83. The Hall–Kier alpha value is -3.34. The molecule has 0 unspecified atom stereocenters. The van der Waals surface area contributed by atoms with Crippen LogP contribution in [0.1, 0.15) is 22.8 Å². The van der Waals surface area contributed by atoms with Crippen LogP contribution in [-0.2, 0) is 20.5 Å². The summed E-state index contributed by atoms with van der Waals surface area (Å²) in [6.45, 7) is 1.04. The smallest absolute Gasteiger partial charge is 0.417 e. The van der Waals surface area contributed by atoms with Gasteiger partial charge in [-0.15, -0.1) is 0 Å². The summed E-state index contributed by atoms with van der Waals surface area (Å²) in [5.74, 6) is -2.04. The highest BCUT2D eigenvalue weighted by atomic mass is 35.5. The van der Waals surface area contributed by atoms with Crippen molar-refractivity contribution in [2.24, 2.45) is 0 Å². The minimum Gasteiger partial charge on any atom is -0.494 e. The number of halogens is 4. The normalized spacial score (nSPS) is 10.9. The van der Waals surface area contributed by atoms with E-state index in [9.17, 15) is 27.6 Å². The molecule has 0 fully saturated rings. The van der Waals surface area contributed by atoms with E-state index in [0.717, 1.165) is 0 Å². The van der Waals surface area contributed by atoms with Crippen LogP contribution in [0.4, 0.5) is 19.0 Å². The number of pyridine rings is 1. The Morgan fingerprint density at radius 1 is 1.16 bits per heavy atom. The molecule has 0 aliphatic rings. The van der Waals surface area contributed by atoms with Gasteiger partial charge in [-0.2, -0.15) is 13.2 Å². The summed E-state index contributed by atoms with van der Waals surface area (Å²) < 4.78 is 47.7. The van der Waals surface area contributed by atoms with Crippen molar-refractivity contribution in [1.82, 2.24) is 10.3 Å². The number of alkyl halides is 3. The van der Waals surface area contributed by atoms with Crippen molar-refractivity contribution < 1.29 is 37.0 Å². The molecule has 1 aromatic heterocycles. The number of nitrogens with one attached hydrogen (secondary N) is 2. The van der Waals surface area contributed by atoms with Crippen LogP contribution in [0.2, 0.25) is 5.02 Å². The third-order valence-electron chi connectivity index (χ3n) is 3.61. The molecule has 2 aromatic rings. The van der Waals surface area contributed by atoms with E-state index in [0.29, 0.717) is 24.6 Å². The highest BCUT2D eigenvalue weighted by Crippen LogP contribution is 2.32. The van der Waals surface area contributed by atoms with Crippen LogP contribution in [0.15, 0.2) is 36.5 Å². The third-order valence-corrected chi connectivity index (χ3v) is 3.90. The number of benzene rings is 1. The molecule has 8 nitrogen and oxygen atoms in total. The number of carbonyl (C=O) groups excluding carboxylic acids is 3. The van der Waals surface area contributed by atoms with Gasteiger partial charge in [0.05, 0.1) is 17.2 Å². The number of hydrogen-bond donors (Lipinski definition) is 2. The zero-order valence-corrected chi connectivity index (χ0v) is 16.8. The van der Waals surface area contributed by atoms with Gasteiger partial charge in [0, 0.05) is 11.8 Å². The first-order valence-electron chi connectivity index (χ1n) is 8.79. The van der Waals surface area contributed by atoms with E-state index in [4.69, 9.17) is 21.1 Å². The fourth-order valence-electron chi connectivity index (χ4n) is 2.17. The molecule has 0 aliphatic heterocycles. The molecule has 166 valence electrons. The van der Waals surface area contributed by atoms with Gasteiger partial charge < -0.3 is 20.1 Å². The fraction of sp³-hybridized carbons (Fsp3) is 0.263. The predicted molar refractivity (Wildman–Crippen MR) is 104 cm³/mol. The Morgan fingerprint density at radius 3 is 2.42 bits per heavy atom. The number of rotatable bonds is 8. The van der Waals surface area contributed by atoms with Crippen molar-refractivity contribution in [2.75, 3.05) is 25.1 Å². The maximum Gasteiger partial charge on any atom is 0.417 e. The Labute approximate surface area is 179 Å². The van der Waals surface area contributed by atoms with Crippen LogP contribution >= 0.6 is 11.6 Å². The van der Waals surface area contributed by atoms with Gasteiger partial charge in [-0.1, -0.05) is 11.6 Å². The number of ether oxygens (including phenoxy) is 2. The van der Waals surface area contributed by atoms with Crippen LogP contribution in [0, 0.1) is 0 Å². The number of esters is 1. The Kier molecular flexibility index (Phi) is 8.20. The van der Waals surface area contributed by atoms with E-state index in [1.54, 1.807) is 12.1 Å². The summed E-state index contributed by atoms with van der Waals surface area (Å²) in [4.78, 5) is 38.9. The van der Waals surface area contributed by atoms with Gasteiger partial charge in [-0.05, 0) is 37.3 Å². The van der Waals surface area contributed by atoms with E-state index >= 15 is 0 Å². The quantitative estimate of drug-likeness (QED) is 0.588. The highest BCUT2D eigenvalue weighted by Gasteiger charge is 2.31. The number of amides is 2. The molecule has 0 bridgehead atoms. The van der Waals surface area contributed by atoms with Crippen LogP contribution in [-0.4, -0.2) is 42.5 Å². The molecule has 0 aliphatic carbocycles. The molecule has 31 heavy (non-hydrogen) atoms. The van der Waals surface area contributed by atoms with Crippen molar-refractivity contribution in [3.05, 3.63) is 52.7 Å².